The van der Waals surface area contributed by atoms with Gasteiger partial charge in [-0.1, -0.05) is 6.08 Å². The Morgan fingerprint density at radius 1 is 1.46 bits per heavy atom. The Bertz CT molecular complexity index is 277. The van der Waals surface area contributed by atoms with Crippen molar-refractivity contribution in [2.75, 3.05) is 14.2 Å². The van der Waals surface area contributed by atoms with E-state index in [4.69, 9.17) is 4.74 Å². The molecule has 1 amide bonds. The van der Waals surface area contributed by atoms with Gasteiger partial charge in [0.2, 0.25) is 0 Å². The Balaban J connectivity index is 3.10. The van der Waals surface area contributed by atoms with Crippen LogP contribution >= 0.6 is 0 Å². The lowest BCUT2D eigenvalue weighted by molar-refractivity contribution is -0.122. The Morgan fingerprint density at radius 3 is 2.62 bits per heavy atom. The molecular weight excluding hydrogens is 166 g/mol. The maximum absolute atomic E-state index is 11.4. The van der Waals surface area contributed by atoms with Gasteiger partial charge in [0.25, 0.3) is 5.91 Å². The third-order valence-corrected chi connectivity index (χ3v) is 2.17. The van der Waals surface area contributed by atoms with Crippen LogP contribution in [0.1, 0.15) is 13.8 Å². The molecule has 0 aromatic rings. The number of methoxy groups -OCH3 is 1. The van der Waals surface area contributed by atoms with E-state index < -0.39 is 0 Å². The van der Waals surface area contributed by atoms with E-state index >= 15 is 0 Å². The van der Waals surface area contributed by atoms with Crippen LogP contribution in [0.5, 0.6) is 0 Å². The summed E-state index contributed by atoms with van der Waals surface area (Å²) in [4.78, 5) is 12.9. The van der Waals surface area contributed by atoms with Crippen LogP contribution in [0, 0.1) is 5.41 Å². The number of carbonyl (C=O) groups excluding carboxylic acids is 1. The Morgan fingerprint density at radius 2 is 2.08 bits per heavy atom. The van der Waals surface area contributed by atoms with Crippen molar-refractivity contribution < 1.29 is 9.53 Å². The molecule has 3 heteroatoms. The summed E-state index contributed by atoms with van der Waals surface area (Å²) in [5, 5.41) is 0. The molecule has 0 radical (unpaired) electrons. The molecule has 0 aliphatic carbocycles. The third-order valence-electron chi connectivity index (χ3n) is 2.17. The minimum absolute atomic E-state index is 0.0568. The zero-order valence-electron chi connectivity index (χ0n) is 8.50. The van der Waals surface area contributed by atoms with Crippen molar-refractivity contribution in [1.29, 1.82) is 0 Å². The molecule has 3 nitrogen and oxygen atoms in total. The number of hydrogen-bond acceptors (Lipinski definition) is 2. The molecule has 0 atom stereocenters. The summed E-state index contributed by atoms with van der Waals surface area (Å²) in [6.45, 7) is 4.01. The van der Waals surface area contributed by atoms with Crippen LogP contribution in [-0.2, 0) is 9.53 Å². The van der Waals surface area contributed by atoms with E-state index in [0.717, 1.165) is 0 Å². The van der Waals surface area contributed by atoms with Gasteiger partial charge in [0.1, 0.15) is 5.76 Å². The first-order valence-corrected chi connectivity index (χ1v) is 4.19. The maximum atomic E-state index is 11.4. The minimum atomic E-state index is -0.213. The number of likely N-dealkylation sites (N-methyl/N-ethyl adjacent to an activating group) is 1. The molecule has 1 heterocycles. The highest BCUT2D eigenvalue weighted by atomic mass is 16.5. The molecule has 0 bridgehead atoms. The topological polar surface area (TPSA) is 29.5 Å². The van der Waals surface area contributed by atoms with Crippen LogP contribution in [0.25, 0.3) is 0 Å². The second-order valence-corrected chi connectivity index (χ2v) is 3.70. The van der Waals surface area contributed by atoms with Gasteiger partial charge in [0.15, 0.2) is 0 Å². The summed E-state index contributed by atoms with van der Waals surface area (Å²) in [6.07, 6.45) is 5.25. The summed E-state index contributed by atoms with van der Waals surface area (Å²) < 4.78 is 5.17. The summed E-state index contributed by atoms with van der Waals surface area (Å²) in [7, 11) is 3.31. The molecule has 0 saturated carbocycles. The van der Waals surface area contributed by atoms with Crippen molar-refractivity contribution in [1.82, 2.24) is 4.90 Å². The molecule has 0 fully saturated rings. The molecular formula is C10H15NO2. The van der Waals surface area contributed by atoms with Crippen molar-refractivity contribution >= 4 is 5.91 Å². The number of amides is 1. The monoisotopic (exact) mass is 181 g/mol. The van der Waals surface area contributed by atoms with E-state index in [0.29, 0.717) is 5.76 Å². The molecule has 0 unspecified atom stereocenters. The second kappa shape index (κ2) is 3.24. The quantitative estimate of drug-likeness (QED) is 0.614. The van der Waals surface area contributed by atoms with Crippen molar-refractivity contribution in [3.8, 4) is 0 Å². The summed E-state index contributed by atoms with van der Waals surface area (Å²) in [5.74, 6) is 0.636. The van der Waals surface area contributed by atoms with E-state index in [1.54, 1.807) is 20.4 Å². The number of nitrogens with zero attached hydrogens (tertiary/aromatic N) is 1. The Kier molecular flexibility index (Phi) is 2.45. The summed E-state index contributed by atoms with van der Waals surface area (Å²) >= 11 is 0. The van der Waals surface area contributed by atoms with Crippen LogP contribution in [-0.4, -0.2) is 25.0 Å². The lowest BCUT2D eigenvalue weighted by Gasteiger charge is -2.21. The van der Waals surface area contributed by atoms with E-state index in [1.807, 2.05) is 19.9 Å². The molecule has 0 saturated heterocycles. The van der Waals surface area contributed by atoms with Gasteiger partial charge < -0.3 is 9.64 Å². The van der Waals surface area contributed by atoms with E-state index in [-0.39, 0.29) is 11.3 Å². The fraction of sp³-hybridized carbons (Fsp3) is 0.500. The average molecular weight is 181 g/mol. The Hall–Kier alpha value is -1.25. The second-order valence-electron chi connectivity index (χ2n) is 3.70. The predicted octanol–water partition coefficient (Wildman–Crippen LogP) is 1.53. The van der Waals surface area contributed by atoms with Crippen molar-refractivity contribution in [2.45, 2.75) is 13.8 Å². The van der Waals surface area contributed by atoms with Crippen LogP contribution in [0.15, 0.2) is 24.1 Å². The first-order chi connectivity index (χ1) is 5.97. The van der Waals surface area contributed by atoms with Crippen molar-refractivity contribution in [2.24, 2.45) is 5.41 Å². The van der Waals surface area contributed by atoms with Crippen LogP contribution < -0.4 is 0 Å². The minimum Gasteiger partial charge on any atom is -0.500 e. The largest absolute Gasteiger partial charge is 0.500 e. The van der Waals surface area contributed by atoms with Crippen LogP contribution in [0.3, 0.4) is 0 Å². The van der Waals surface area contributed by atoms with E-state index in [9.17, 15) is 4.79 Å². The number of ether oxygens (including phenoxy) is 1. The molecule has 13 heavy (non-hydrogen) atoms. The maximum Gasteiger partial charge on any atom is 0.253 e. The molecule has 1 aliphatic rings. The molecule has 0 spiro atoms. The average Bonchev–Trinajstić information content (AvgIpc) is 2.16. The molecule has 0 aromatic heterocycles. The fourth-order valence-corrected chi connectivity index (χ4v) is 1.18. The van der Waals surface area contributed by atoms with Gasteiger partial charge in [0, 0.05) is 24.7 Å². The van der Waals surface area contributed by atoms with Gasteiger partial charge in [-0.15, -0.1) is 0 Å². The lowest BCUT2D eigenvalue weighted by atomic mass is 9.91. The van der Waals surface area contributed by atoms with Gasteiger partial charge in [-0.25, -0.2) is 0 Å². The first-order valence-electron chi connectivity index (χ1n) is 4.19. The standard InChI is InChI=1S/C10H15NO2/c1-10(2)5-6-11(3)9(12)7-8(10)13-4/h5-7H,1-4H3. The Labute approximate surface area is 78.7 Å². The van der Waals surface area contributed by atoms with Crippen molar-refractivity contribution in [3.63, 3.8) is 0 Å². The number of allylic oxidation sites excluding steroid dienone is 1. The van der Waals surface area contributed by atoms with E-state index in [1.165, 1.54) is 11.0 Å². The van der Waals surface area contributed by atoms with Crippen LogP contribution in [0.2, 0.25) is 0 Å². The molecule has 1 aliphatic heterocycles. The van der Waals surface area contributed by atoms with Gasteiger partial charge in [-0.2, -0.15) is 0 Å². The SMILES string of the molecule is COC1=CC(=O)N(C)C=CC1(C)C. The zero-order chi connectivity index (χ0) is 10.1. The highest BCUT2D eigenvalue weighted by molar-refractivity contribution is 5.89. The van der Waals surface area contributed by atoms with Gasteiger partial charge >= 0.3 is 0 Å². The number of rotatable bonds is 1. The van der Waals surface area contributed by atoms with E-state index in [2.05, 4.69) is 0 Å². The molecule has 0 N–H and O–H groups in total. The highest BCUT2D eigenvalue weighted by Crippen LogP contribution is 2.30. The smallest absolute Gasteiger partial charge is 0.253 e. The number of hydrogen-bond donors (Lipinski definition) is 0. The summed E-state index contributed by atoms with van der Waals surface area (Å²) in [6, 6.07) is 0. The lowest BCUT2D eigenvalue weighted by Crippen LogP contribution is -2.17. The molecule has 1 rings (SSSR count). The first kappa shape index (κ1) is 9.84. The third kappa shape index (κ3) is 1.91. The molecule has 72 valence electrons. The van der Waals surface area contributed by atoms with Gasteiger partial charge in [-0.3, -0.25) is 4.79 Å². The highest BCUT2D eigenvalue weighted by Gasteiger charge is 2.25. The zero-order valence-corrected chi connectivity index (χ0v) is 8.50. The fourth-order valence-electron chi connectivity index (χ4n) is 1.18. The summed E-state index contributed by atoms with van der Waals surface area (Å²) in [5.41, 5.74) is -0.213. The van der Waals surface area contributed by atoms with Crippen molar-refractivity contribution in [3.05, 3.63) is 24.1 Å². The van der Waals surface area contributed by atoms with Gasteiger partial charge in [0.05, 0.1) is 7.11 Å². The van der Waals surface area contributed by atoms with Gasteiger partial charge in [-0.05, 0) is 13.8 Å². The normalized spacial score (nSPS) is 21.1. The molecule has 0 aromatic carbocycles. The predicted molar refractivity (Wildman–Crippen MR) is 50.8 cm³/mol. The van der Waals surface area contributed by atoms with Crippen LogP contribution in [0.4, 0.5) is 0 Å². The number of carbonyl (C=O) groups is 1.